The SMILES string of the molecule is CCc1c(CC(=O)Nc2ccc(C)cc2)n(S)c2ccccc12. The molecule has 0 aliphatic carbocycles. The van der Waals surface area contributed by atoms with Crippen LogP contribution >= 0.6 is 12.8 Å². The van der Waals surface area contributed by atoms with Crippen molar-refractivity contribution in [1.29, 1.82) is 0 Å². The van der Waals surface area contributed by atoms with Gasteiger partial charge >= 0.3 is 0 Å². The summed E-state index contributed by atoms with van der Waals surface area (Å²) in [5, 5.41) is 4.12. The van der Waals surface area contributed by atoms with Crippen LogP contribution in [0.1, 0.15) is 23.7 Å². The van der Waals surface area contributed by atoms with Crippen molar-refractivity contribution < 1.29 is 4.79 Å². The van der Waals surface area contributed by atoms with E-state index in [1.807, 2.05) is 53.4 Å². The van der Waals surface area contributed by atoms with Gasteiger partial charge in [0, 0.05) is 16.8 Å². The molecule has 2 aromatic carbocycles. The van der Waals surface area contributed by atoms with Gasteiger partial charge in [0.25, 0.3) is 0 Å². The molecule has 0 aliphatic heterocycles. The molecule has 3 rings (SSSR count). The largest absolute Gasteiger partial charge is 0.326 e. The molecule has 0 spiro atoms. The molecular weight excluding hydrogens is 304 g/mol. The Morgan fingerprint density at radius 1 is 1.13 bits per heavy atom. The number of benzene rings is 2. The summed E-state index contributed by atoms with van der Waals surface area (Å²) >= 11 is 4.59. The van der Waals surface area contributed by atoms with E-state index in [0.717, 1.165) is 23.3 Å². The van der Waals surface area contributed by atoms with Gasteiger partial charge in [0.1, 0.15) is 0 Å². The van der Waals surface area contributed by atoms with Crippen molar-refractivity contribution in [3.8, 4) is 0 Å². The molecule has 23 heavy (non-hydrogen) atoms. The Morgan fingerprint density at radius 2 is 1.83 bits per heavy atom. The molecule has 0 fully saturated rings. The molecule has 0 aliphatic rings. The number of hydrogen-bond acceptors (Lipinski definition) is 2. The number of para-hydroxylation sites is 1. The van der Waals surface area contributed by atoms with Crippen LogP contribution in [0, 0.1) is 6.92 Å². The minimum absolute atomic E-state index is 0.0262. The van der Waals surface area contributed by atoms with Crippen molar-refractivity contribution in [2.24, 2.45) is 0 Å². The zero-order valence-electron chi connectivity index (χ0n) is 13.3. The van der Waals surface area contributed by atoms with Crippen molar-refractivity contribution in [3.63, 3.8) is 0 Å². The van der Waals surface area contributed by atoms with E-state index in [-0.39, 0.29) is 5.91 Å². The van der Waals surface area contributed by atoms with Gasteiger partial charge in [0.15, 0.2) is 0 Å². The third-order valence-electron chi connectivity index (χ3n) is 4.08. The number of hydrogen-bond donors (Lipinski definition) is 2. The van der Waals surface area contributed by atoms with Gasteiger partial charge in [-0.05, 0) is 37.1 Å². The third-order valence-corrected chi connectivity index (χ3v) is 4.54. The van der Waals surface area contributed by atoms with Crippen LogP contribution in [0.15, 0.2) is 48.5 Å². The molecule has 0 atom stereocenters. The molecular formula is C19H20N2OS. The maximum atomic E-state index is 12.4. The number of thiol groups is 1. The van der Waals surface area contributed by atoms with Gasteiger partial charge in [-0.2, -0.15) is 0 Å². The Balaban J connectivity index is 1.87. The van der Waals surface area contributed by atoms with E-state index in [4.69, 9.17) is 0 Å². The maximum Gasteiger partial charge on any atom is 0.230 e. The third kappa shape index (κ3) is 3.13. The summed E-state index contributed by atoms with van der Waals surface area (Å²) in [7, 11) is 0. The van der Waals surface area contributed by atoms with Gasteiger partial charge < -0.3 is 5.32 Å². The lowest BCUT2D eigenvalue weighted by atomic mass is 10.1. The van der Waals surface area contributed by atoms with E-state index in [1.165, 1.54) is 16.5 Å². The monoisotopic (exact) mass is 324 g/mol. The van der Waals surface area contributed by atoms with Crippen molar-refractivity contribution in [1.82, 2.24) is 3.97 Å². The van der Waals surface area contributed by atoms with E-state index in [9.17, 15) is 4.79 Å². The Bertz CT molecular complexity index is 850. The van der Waals surface area contributed by atoms with Crippen molar-refractivity contribution in [2.45, 2.75) is 26.7 Å². The van der Waals surface area contributed by atoms with Gasteiger partial charge in [-0.25, -0.2) is 0 Å². The first-order chi connectivity index (χ1) is 11.1. The number of nitrogens with zero attached hydrogens (tertiary/aromatic N) is 1. The number of nitrogens with one attached hydrogen (secondary N) is 1. The predicted octanol–water partition coefficient (Wildman–Crippen LogP) is 4.39. The topological polar surface area (TPSA) is 34.0 Å². The highest BCUT2D eigenvalue weighted by Crippen LogP contribution is 2.28. The Hall–Kier alpha value is -2.20. The summed E-state index contributed by atoms with van der Waals surface area (Å²) in [6.07, 6.45) is 1.19. The summed E-state index contributed by atoms with van der Waals surface area (Å²) < 4.78 is 1.84. The molecule has 4 heteroatoms. The molecule has 0 saturated heterocycles. The van der Waals surface area contributed by atoms with E-state index < -0.39 is 0 Å². The number of carbonyl (C=O) groups is 1. The molecule has 0 unspecified atom stereocenters. The van der Waals surface area contributed by atoms with Crippen molar-refractivity contribution in [3.05, 3.63) is 65.4 Å². The molecule has 3 nitrogen and oxygen atoms in total. The lowest BCUT2D eigenvalue weighted by Gasteiger charge is -2.08. The Labute approximate surface area is 141 Å². The summed E-state index contributed by atoms with van der Waals surface area (Å²) in [6, 6.07) is 15.9. The van der Waals surface area contributed by atoms with Crippen LogP contribution in [0.25, 0.3) is 10.9 Å². The lowest BCUT2D eigenvalue weighted by Crippen LogP contribution is -2.16. The minimum Gasteiger partial charge on any atom is -0.326 e. The van der Waals surface area contributed by atoms with Crippen molar-refractivity contribution >= 4 is 35.3 Å². The minimum atomic E-state index is -0.0262. The van der Waals surface area contributed by atoms with Gasteiger partial charge in [-0.15, -0.1) is 0 Å². The fourth-order valence-corrected chi connectivity index (χ4v) is 3.28. The van der Waals surface area contributed by atoms with Gasteiger partial charge in [0.2, 0.25) is 5.91 Å². The molecule has 1 aromatic heterocycles. The standard InChI is InChI=1S/C19H20N2OS/c1-3-15-16-6-4-5-7-17(16)21(23)18(15)12-19(22)20-14-10-8-13(2)9-11-14/h4-11,23H,3,12H2,1-2H3,(H,20,22). The first-order valence-corrected chi connectivity index (χ1v) is 8.17. The number of amides is 1. The average molecular weight is 324 g/mol. The number of aryl methyl sites for hydroxylation is 2. The Kier molecular flexibility index (Phi) is 4.44. The summed E-state index contributed by atoms with van der Waals surface area (Å²) in [5.74, 6) is -0.0262. The summed E-state index contributed by atoms with van der Waals surface area (Å²) in [6.45, 7) is 4.13. The number of carbonyl (C=O) groups excluding carboxylic acids is 1. The zero-order chi connectivity index (χ0) is 16.4. The second kappa shape index (κ2) is 6.50. The number of rotatable bonds is 4. The predicted molar refractivity (Wildman–Crippen MR) is 99.2 cm³/mol. The molecule has 0 radical (unpaired) electrons. The molecule has 3 aromatic rings. The quantitative estimate of drug-likeness (QED) is 0.686. The maximum absolute atomic E-state index is 12.4. The zero-order valence-corrected chi connectivity index (χ0v) is 14.2. The van der Waals surface area contributed by atoms with Gasteiger partial charge in [-0.1, -0.05) is 55.6 Å². The van der Waals surface area contributed by atoms with Crippen LogP contribution in [-0.4, -0.2) is 9.88 Å². The molecule has 1 heterocycles. The highest BCUT2D eigenvalue weighted by Gasteiger charge is 2.16. The molecule has 1 N–H and O–H groups in total. The molecule has 0 bridgehead atoms. The van der Waals surface area contributed by atoms with Gasteiger partial charge in [0.05, 0.1) is 11.9 Å². The first kappa shape index (κ1) is 15.7. The fraction of sp³-hybridized carbons (Fsp3) is 0.211. The van der Waals surface area contributed by atoms with Crippen LogP contribution in [0.5, 0.6) is 0 Å². The van der Waals surface area contributed by atoms with E-state index >= 15 is 0 Å². The summed E-state index contributed by atoms with van der Waals surface area (Å²) in [5.41, 5.74) is 5.19. The fourth-order valence-electron chi connectivity index (χ4n) is 2.91. The van der Waals surface area contributed by atoms with Crippen LogP contribution in [0.2, 0.25) is 0 Å². The van der Waals surface area contributed by atoms with E-state index in [0.29, 0.717) is 6.42 Å². The highest BCUT2D eigenvalue weighted by atomic mass is 32.1. The summed E-state index contributed by atoms with van der Waals surface area (Å²) in [4.78, 5) is 12.4. The number of anilines is 1. The van der Waals surface area contributed by atoms with Crippen LogP contribution in [0.3, 0.4) is 0 Å². The van der Waals surface area contributed by atoms with Crippen molar-refractivity contribution in [2.75, 3.05) is 5.32 Å². The smallest absolute Gasteiger partial charge is 0.230 e. The number of aromatic nitrogens is 1. The first-order valence-electron chi connectivity index (χ1n) is 7.77. The second-order valence-corrected chi connectivity index (χ2v) is 6.10. The molecule has 118 valence electrons. The Morgan fingerprint density at radius 3 is 2.52 bits per heavy atom. The highest BCUT2D eigenvalue weighted by molar-refractivity contribution is 7.78. The van der Waals surface area contributed by atoms with Crippen LogP contribution in [-0.2, 0) is 17.6 Å². The molecule has 0 saturated carbocycles. The van der Waals surface area contributed by atoms with E-state index in [1.54, 1.807) is 0 Å². The van der Waals surface area contributed by atoms with Gasteiger partial charge in [-0.3, -0.25) is 8.77 Å². The lowest BCUT2D eigenvalue weighted by molar-refractivity contribution is -0.115. The normalized spacial score (nSPS) is 10.9. The van der Waals surface area contributed by atoms with Crippen LogP contribution in [0.4, 0.5) is 5.69 Å². The van der Waals surface area contributed by atoms with E-state index in [2.05, 4.69) is 31.1 Å². The number of fused-ring (bicyclic) bond motifs is 1. The molecule has 1 amide bonds. The van der Waals surface area contributed by atoms with Crippen LogP contribution < -0.4 is 5.32 Å². The average Bonchev–Trinajstić information content (AvgIpc) is 2.82. The second-order valence-electron chi connectivity index (χ2n) is 5.70.